The predicted octanol–water partition coefficient (Wildman–Crippen LogP) is 1.77. The molecule has 0 bridgehead atoms. The number of halogens is 4. The summed E-state index contributed by atoms with van der Waals surface area (Å²) >= 11 is 0. The molecule has 0 fully saturated rings. The van der Waals surface area contributed by atoms with Crippen LogP contribution in [0, 0.1) is 0 Å². The summed E-state index contributed by atoms with van der Waals surface area (Å²) in [5.41, 5.74) is -0.748. The number of hydrogen-bond donors (Lipinski definition) is 2. The SMILES string of the molecule is CNCCNS(=O)(=O)Cc1cccc(C(F)(F)F)c1.Cl. The highest BCUT2D eigenvalue weighted by Gasteiger charge is 2.30. The molecule has 9 heteroatoms. The third-order valence-corrected chi connectivity index (χ3v) is 3.67. The van der Waals surface area contributed by atoms with Crippen LogP contribution in [0.1, 0.15) is 11.1 Å². The third-order valence-electron chi connectivity index (χ3n) is 2.31. The van der Waals surface area contributed by atoms with Crippen LogP contribution < -0.4 is 10.0 Å². The minimum Gasteiger partial charge on any atom is -0.318 e. The molecule has 0 heterocycles. The molecule has 0 aliphatic carbocycles. The zero-order valence-electron chi connectivity index (χ0n) is 10.7. The largest absolute Gasteiger partial charge is 0.416 e. The lowest BCUT2D eigenvalue weighted by molar-refractivity contribution is -0.137. The smallest absolute Gasteiger partial charge is 0.318 e. The molecule has 0 aliphatic heterocycles. The van der Waals surface area contributed by atoms with Gasteiger partial charge >= 0.3 is 6.18 Å². The van der Waals surface area contributed by atoms with Gasteiger partial charge in [-0.3, -0.25) is 0 Å². The first-order chi connectivity index (χ1) is 8.74. The van der Waals surface area contributed by atoms with Crippen LogP contribution >= 0.6 is 12.4 Å². The van der Waals surface area contributed by atoms with Gasteiger partial charge in [0.2, 0.25) is 10.0 Å². The maximum absolute atomic E-state index is 12.5. The molecule has 0 radical (unpaired) electrons. The molecule has 0 amide bonds. The normalized spacial score (nSPS) is 12.0. The molecule has 0 atom stereocenters. The lowest BCUT2D eigenvalue weighted by Crippen LogP contribution is -2.31. The number of likely N-dealkylation sites (N-methyl/N-ethyl adjacent to an activating group) is 1. The molecule has 2 N–H and O–H groups in total. The van der Waals surface area contributed by atoms with Crippen molar-refractivity contribution in [3.63, 3.8) is 0 Å². The van der Waals surface area contributed by atoms with Gasteiger partial charge in [0, 0.05) is 13.1 Å². The fourth-order valence-corrected chi connectivity index (χ4v) is 2.57. The van der Waals surface area contributed by atoms with Crippen molar-refractivity contribution in [2.24, 2.45) is 0 Å². The van der Waals surface area contributed by atoms with Gasteiger partial charge in [-0.2, -0.15) is 13.2 Å². The van der Waals surface area contributed by atoms with Gasteiger partial charge in [-0.1, -0.05) is 18.2 Å². The zero-order chi connectivity index (χ0) is 14.5. The molecular formula is C11H16ClF3N2O2S. The van der Waals surface area contributed by atoms with Gasteiger partial charge in [0.05, 0.1) is 11.3 Å². The topological polar surface area (TPSA) is 58.2 Å². The quantitative estimate of drug-likeness (QED) is 0.781. The first-order valence-electron chi connectivity index (χ1n) is 5.53. The summed E-state index contributed by atoms with van der Waals surface area (Å²) in [6.07, 6.45) is -4.47. The summed E-state index contributed by atoms with van der Waals surface area (Å²) in [5, 5.41) is 2.76. The summed E-state index contributed by atoms with van der Waals surface area (Å²) in [6.45, 7) is 0.639. The fourth-order valence-electron chi connectivity index (χ4n) is 1.44. The summed E-state index contributed by atoms with van der Waals surface area (Å²) in [7, 11) is -1.96. The molecule has 1 aromatic carbocycles. The van der Waals surface area contributed by atoms with Gasteiger partial charge in [0.1, 0.15) is 0 Å². The zero-order valence-corrected chi connectivity index (χ0v) is 12.3. The van der Waals surface area contributed by atoms with Crippen LogP contribution in [0.15, 0.2) is 24.3 Å². The summed E-state index contributed by atoms with van der Waals surface area (Å²) in [6, 6.07) is 4.30. The van der Waals surface area contributed by atoms with Crippen LogP contribution in [0.4, 0.5) is 13.2 Å². The van der Waals surface area contributed by atoms with Crippen molar-refractivity contribution < 1.29 is 21.6 Å². The van der Waals surface area contributed by atoms with Crippen molar-refractivity contribution in [1.29, 1.82) is 0 Å². The molecule has 0 aliphatic rings. The monoisotopic (exact) mass is 332 g/mol. The van der Waals surface area contributed by atoms with E-state index in [2.05, 4.69) is 10.0 Å². The van der Waals surface area contributed by atoms with Gasteiger partial charge in [0.25, 0.3) is 0 Å². The van der Waals surface area contributed by atoms with E-state index in [1.807, 2.05) is 0 Å². The van der Waals surface area contributed by atoms with Crippen LogP contribution in [0.3, 0.4) is 0 Å². The number of alkyl halides is 3. The van der Waals surface area contributed by atoms with Crippen LogP contribution in [-0.4, -0.2) is 28.6 Å². The average molecular weight is 333 g/mol. The predicted molar refractivity (Wildman–Crippen MR) is 73.2 cm³/mol. The van der Waals surface area contributed by atoms with E-state index in [1.165, 1.54) is 12.1 Å². The van der Waals surface area contributed by atoms with Crippen molar-refractivity contribution in [3.8, 4) is 0 Å². The Balaban J connectivity index is 0.00000361. The van der Waals surface area contributed by atoms with E-state index < -0.39 is 27.5 Å². The van der Waals surface area contributed by atoms with Crippen LogP contribution in [0.5, 0.6) is 0 Å². The standard InChI is InChI=1S/C11H15F3N2O2S.ClH/c1-15-5-6-16-19(17,18)8-9-3-2-4-10(7-9)11(12,13)14;/h2-4,7,15-16H,5-6,8H2,1H3;1H. The van der Waals surface area contributed by atoms with Crippen LogP contribution in [0.25, 0.3) is 0 Å². The molecule has 116 valence electrons. The molecular weight excluding hydrogens is 317 g/mol. The molecule has 0 saturated carbocycles. The number of rotatable bonds is 6. The summed E-state index contributed by atoms with van der Waals surface area (Å²) in [5.74, 6) is -0.472. The molecule has 0 spiro atoms. The van der Waals surface area contributed by atoms with E-state index in [1.54, 1.807) is 7.05 Å². The van der Waals surface area contributed by atoms with E-state index in [9.17, 15) is 21.6 Å². The van der Waals surface area contributed by atoms with E-state index >= 15 is 0 Å². The Labute approximate surface area is 122 Å². The van der Waals surface area contributed by atoms with Gasteiger partial charge in [-0.05, 0) is 18.7 Å². The lowest BCUT2D eigenvalue weighted by Gasteiger charge is -2.10. The number of sulfonamides is 1. The second-order valence-corrected chi connectivity index (χ2v) is 5.76. The van der Waals surface area contributed by atoms with E-state index in [-0.39, 0.29) is 24.5 Å². The molecule has 0 unspecified atom stereocenters. The molecule has 1 aromatic rings. The molecule has 20 heavy (non-hydrogen) atoms. The average Bonchev–Trinajstić information content (AvgIpc) is 2.27. The van der Waals surface area contributed by atoms with Crippen molar-refractivity contribution in [1.82, 2.24) is 10.0 Å². The highest BCUT2D eigenvalue weighted by atomic mass is 35.5. The highest BCUT2D eigenvalue weighted by Crippen LogP contribution is 2.29. The van der Waals surface area contributed by atoms with Crippen molar-refractivity contribution in [3.05, 3.63) is 35.4 Å². The Morgan fingerprint density at radius 2 is 1.85 bits per heavy atom. The van der Waals surface area contributed by atoms with Gasteiger partial charge in [-0.25, -0.2) is 13.1 Å². The van der Waals surface area contributed by atoms with E-state index in [4.69, 9.17) is 0 Å². The number of hydrogen-bond acceptors (Lipinski definition) is 3. The van der Waals surface area contributed by atoms with Crippen molar-refractivity contribution in [2.45, 2.75) is 11.9 Å². The van der Waals surface area contributed by atoms with Gasteiger partial charge in [-0.15, -0.1) is 12.4 Å². The van der Waals surface area contributed by atoms with Crippen molar-refractivity contribution >= 4 is 22.4 Å². The van der Waals surface area contributed by atoms with Gasteiger partial charge < -0.3 is 5.32 Å². The Morgan fingerprint density at radius 1 is 1.20 bits per heavy atom. The fraction of sp³-hybridized carbons (Fsp3) is 0.455. The Morgan fingerprint density at radius 3 is 2.40 bits per heavy atom. The third kappa shape index (κ3) is 6.56. The molecule has 0 saturated heterocycles. The summed E-state index contributed by atoms with van der Waals surface area (Å²) < 4.78 is 63.0. The minimum absolute atomic E-state index is 0. The minimum atomic E-state index is -4.47. The first kappa shape index (κ1) is 19.2. The maximum atomic E-state index is 12.5. The van der Waals surface area contributed by atoms with Crippen molar-refractivity contribution in [2.75, 3.05) is 20.1 Å². The highest BCUT2D eigenvalue weighted by molar-refractivity contribution is 7.88. The van der Waals surface area contributed by atoms with Crippen LogP contribution in [-0.2, 0) is 22.0 Å². The molecule has 4 nitrogen and oxygen atoms in total. The Bertz CT molecular complexity index is 521. The molecule has 1 rings (SSSR count). The maximum Gasteiger partial charge on any atom is 0.416 e. The second-order valence-electron chi connectivity index (χ2n) is 3.96. The van der Waals surface area contributed by atoms with E-state index in [0.717, 1.165) is 12.1 Å². The second kappa shape index (κ2) is 7.82. The number of benzene rings is 1. The Kier molecular flexibility index (Phi) is 7.50. The van der Waals surface area contributed by atoms with Crippen LogP contribution in [0.2, 0.25) is 0 Å². The lowest BCUT2D eigenvalue weighted by atomic mass is 10.1. The van der Waals surface area contributed by atoms with E-state index in [0.29, 0.717) is 6.54 Å². The summed E-state index contributed by atoms with van der Waals surface area (Å²) in [4.78, 5) is 0. The van der Waals surface area contributed by atoms with Gasteiger partial charge in [0.15, 0.2) is 0 Å². The Hall–Kier alpha value is -0.830. The number of nitrogens with one attached hydrogen (secondary N) is 2. The molecule has 0 aromatic heterocycles. The first-order valence-corrected chi connectivity index (χ1v) is 7.18.